The molecule has 2 aliphatic heterocycles. The number of nitrogens with zero attached hydrogens (tertiary/aromatic N) is 2. The van der Waals surface area contributed by atoms with Gasteiger partial charge in [0.15, 0.2) is 0 Å². The number of carbonyl (C=O) groups is 1. The van der Waals surface area contributed by atoms with Crippen LogP contribution in [0, 0.1) is 5.92 Å². The average Bonchev–Trinajstić information content (AvgIpc) is 3.05. The molecule has 2 unspecified atom stereocenters. The first-order chi connectivity index (χ1) is 8.79. The quantitative estimate of drug-likeness (QED) is 0.738. The molecule has 0 bridgehead atoms. The lowest BCUT2D eigenvalue weighted by Crippen LogP contribution is -2.29. The molecule has 0 saturated carbocycles. The first kappa shape index (κ1) is 11.7. The van der Waals surface area contributed by atoms with Gasteiger partial charge in [-0.1, -0.05) is 0 Å². The zero-order valence-corrected chi connectivity index (χ0v) is 10.6. The summed E-state index contributed by atoms with van der Waals surface area (Å²) in [6, 6.07) is 0. The van der Waals surface area contributed by atoms with Crippen molar-refractivity contribution in [1.29, 1.82) is 0 Å². The number of fused-ring (bicyclic) bond motifs is 1. The maximum atomic E-state index is 11.7. The van der Waals surface area contributed by atoms with Crippen LogP contribution in [-0.2, 0) is 27.2 Å². The molecular formula is C13H18N2O3. The van der Waals surface area contributed by atoms with Gasteiger partial charge in [0, 0.05) is 31.0 Å². The molecule has 0 amide bonds. The van der Waals surface area contributed by atoms with Gasteiger partial charge in [-0.15, -0.1) is 0 Å². The van der Waals surface area contributed by atoms with Gasteiger partial charge in [-0.25, -0.2) is 4.98 Å². The number of ether oxygens (including phenoxy) is 2. The molecule has 5 heteroatoms. The maximum absolute atomic E-state index is 11.7. The molecule has 2 aliphatic rings. The molecule has 0 aliphatic carbocycles. The monoisotopic (exact) mass is 250 g/mol. The number of hydrogen-bond donors (Lipinski definition) is 0. The summed E-state index contributed by atoms with van der Waals surface area (Å²) < 4.78 is 12.5. The number of imidazole rings is 1. The third-order valence-electron chi connectivity index (χ3n) is 3.95. The molecule has 1 aromatic rings. The Balaban J connectivity index is 1.84. The summed E-state index contributed by atoms with van der Waals surface area (Å²) in [4.78, 5) is 16.2. The molecule has 0 radical (unpaired) electrons. The summed E-state index contributed by atoms with van der Waals surface area (Å²) >= 11 is 0. The fourth-order valence-corrected chi connectivity index (χ4v) is 2.89. The predicted octanol–water partition coefficient (Wildman–Crippen LogP) is 1.12. The van der Waals surface area contributed by atoms with Gasteiger partial charge in [0.1, 0.15) is 5.82 Å². The van der Waals surface area contributed by atoms with E-state index in [4.69, 9.17) is 9.47 Å². The SMILES string of the molecule is COC(=O)C1CCc2cnc(C3CCOC3)n2C1. The van der Waals surface area contributed by atoms with Crippen LogP contribution < -0.4 is 0 Å². The molecule has 0 N–H and O–H groups in total. The highest BCUT2D eigenvalue weighted by atomic mass is 16.5. The lowest BCUT2D eigenvalue weighted by molar-refractivity contribution is -0.146. The normalized spacial score (nSPS) is 26.9. The Labute approximate surface area is 106 Å². The molecule has 3 rings (SSSR count). The number of carbonyl (C=O) groups excluding carboxylic acids is 1. The van der Waals surface area contributed by atoms with Gasteiger partial charge in [0.05, 0.1) is 19.6 Å². The van der Waals surface area contributed by atoms with Crippen molar-refractivity contribution >= 4 is 5.97 Å². The van der Waals surface area contributed by atoms with Crippen molar-refractivity contribution in [1.82, 2.24) is 9.55 Å². The Morgan fingerprint density at radius 2 is 2.44 bits per heavy atom. The fourth-order valence-electron chi connectivity index (χ4n) is 2.89. The molecule has 98 valence electrons. The molecule has 1 aromatic heterocycles. The van der Waals surface area contributed by atoms with E-state index < -0.39 is 0 Å². The lowest BCUT2D eigenvalue weighted by atomic mass is 9.97. The summed E-state index contributed by atoms with van der Waals surface area (Å²) in [5.74, 6) is 1.33. The molecule has 3 heterocycles. The molecular weight excluding hydrogens is 232 g/mol. The van der Waals surface area contributed by atoms with E-state index in [-0.39, 0.29) is 11.9 Å². The zero-order valence-electron chi connectivity index (χ0n) is 10.6. The minimum atomic E-state index is -0.108. The molecule has 0 spiro atoms. The van der Waals surface area contributed by atoms with Crippen molar-refractivity contribution in [2.24, 2.45) is 5.92 Å². The van der Waals surface area contributed by atoms with Gasteiger partial charge in [0.2, 0.25) is 0 Å². The van der Waals surface area contributed by atoms with Gasteiger partial charge in [-0.05, 0) is 19.3 Å². The highest BCUT2D eigenvalue weighted by Crippen LogP contribution is 2.29. The van der Waals surface area contributed by atoms with Crippen molar-refractivity contribution in [2.45, 2.75) is 31.7 Å². The van der Waals surface area contributed by atoms with Crippen LogP contribution in [0.4, 0.5) is 0 Å². The Morgan fingerprint density at radius 1 is 1.56 bits per heavy atom. The molecule has 18 heavy (non-hydrogen) atoms. The van der Waals surface area contributed by atoms with Crippen LogP contribution in [0.1, 0.15) is 30.3 Å². The molecule has 0 aromatic carbocycles. The van der Waals surface area contributed by atoms with Crippen LogP contribution in [0.25, 0.3) is 0 Å². The number of rotatable bonds is 2. The van der Waals surface area contributed by atoms with Crippen LogP contribution >= 0.6 is 0 Å². The van der Waals surface area contributed by atoms with E-state index in [9.17, 15) is 4.79 Å². The summed E-state index contributed by atoms with van der Waals surface area (Å²) in [5.41, 5.74) is 1.23. The highest BCUT2D eigenvalue weighted by Gasteiger charge is 2.30. The van der Waals surface area contributed by atoms with Crippen molar-refractivity contribution in [3.05, 3.63) is 17.7 Å². The highest BCUT2D eigenvalue weighted by molar-refractivity contribution is 5.72. The lowest BCUT2D eigenvalue weighted by Gasteiger charge is -2.24. The predicted molar refractivity (Wildman–Crippen MR) is 64.2 cm³/mol. The molecule has 1 fully saturated rings. The Kier molecular flexibility index (Phi) is 3.07. The second-order valence-electron chi connectivity index (χ2n) is 5.04. The molecule has 1 saturated heterocycles. The van der Waals surface area contributed by atoms with Crippen LogP contribution in [0.15, 0.2) is 6.20 Å². The summed E-state index contributed by atoms with van der Waals surface area (Å²) in [6.07, 6.45) is 4.74. The van der Waals surface area contributed by atoms with Crippen molar-refractivity contribution in [3.63, 3.8) is 0 Å². The molecule has 2 atom stereocenters. The van der Waals surface area contributed by atoms with E-state index in [0.29, 0.717) is 12.5 Å². The van der Waals surface area contributed by atoms with Crippen LogP contribution in [0.5, 0.6) is 0 Å². The van der Waals surface area contributed by atoms with E-state index >= 15 is 0 Å². The van der Waals surface area contributed by atoms with Crippen LogP contribution in [0.2, 0.25) is 0 Å². The first-order valence-electron chi connectivity index (χ1n) is 6.49. The number of hydrogen-bond acceptors (Lipinski definition) is 4. The summed E-state index contributed by atoms with van der Waals surface area (Å²) in [6.45, 7) is 2.26. The Bertz CT molecular complexity index is 449. The standard InChI is InChI=1S/C13H18N2O3/c1-17-13(16)9-2-3-11-6-14-12(15(11)7-9)10-4-5-18-8-10/h6,9-10H,2-5,7-8H2,1H3. The van der Waals surface area contributed by atoms with Crippen molar-refractivity contribution < 1.29 is 14.3 Å². The zero-order chi connectivity index (χ0) is 12.5. The van der Waals surface area contributed by atoms with Gasteiger partial charge in [-0.3, -0.25) is 4.79 Å². The van der Waals surface area contributed by atoms with E-state index in [2.05, 4.69) is 9.55 Å². The van der Waals surface area contributed by atoms with E-state index in [1.807, 2.05) is 6.20 Å². The number of methoxy groups -OCH3 is 1. The second-order valence-corrected chi connectivity index (χ2v) is 5.04. The maximum Gasteiger partial charge on any atom is 0.310 e. The van der Waals surface area contributed by atoms with E-state index in [1.54, 1.807) is 0 Å². The third kappa shape index (κ3) is 1.92. The first-order valence-corrected chi connectivity index (χ1v) is 6.49. The smallest absolute Gasteiger partial charge is 0.310 e. The van der Waals surface area contributed by atoms with Crippen LogP contribution in [0.3, 0.4) is 0 Å². The molecule has 5 nitrogen and oxygen atoms in total. The van der Waals surface area contributed by atoms with Crippen molar-refractivity contribution in [2.75, 3.05) is 20.3 Å². The van der Waals surface area contributed by atoms with E-state index in [0.717, 1.165) is 38.3 Å². The fraction of sp³-hybridized carbons (Fsp3) is 0.692. The minimum Gasteiger partial charge on any atom is -0.469 e. The topological polar surface area (TPSA) is 53.4 Å². The van der Waals surface area contributed by atoms with Crippen molar-refractivity contribution in [3.8, 4) is 0 Å². The largest absolute Gasteiger partial charge is 0.469 e. The number of aromatic nitrogens is 2. The number of esters is 1. The van der Waals surface area contributed by atoms with Gasteiger partial charge in [-0.2, -0.15) is 0 Å². The van der Waals surface area contributed by atoms with E-state index in [1.165, 1.54) is 12.8 Å². The van der Waals surface area contributed by atoms with Gasteiger partial charge >= 0.3 is 5.97 Å². The van der Waals surface area contributed by atoms with Crippen LogP contribution in [-0.4, -0.2) is 35.8 Å². The Hall–Kier alpha value is -1.36. The summed E-state index contributed by atoms with van der Waals surface area (Å²) in [7, 11) is 1.46. The van der Waals surface area contributed by atoms with Gasteiger partial charge < -0.3 is 14.0 Å². The Morgan fingerprint density at radius 3 is 3.17 bits per heavy atom. The minimum absolute atomic E-state index is 0.0298. The van der Waals surface area contributed by atoms with Gasteiger partial charge in [0.25, 0.3) is 0 Å². The average molecular weight is 250 g/mol. The number of aryl methyl sites for hydroxylation is 1. The summed E-state index contributed by atoms with van der Waals surface area (Å²) in [5, 5.41) is 0. The second kappa shape index (κ2) is 4.72. The third-order valence-corrected chi connectivity index (χ3v) is 3.95.